The van der Waals surface area contributed by atoms with Crippen molar-refractivity contribution in [3.8, 4) is 0 Å². The molecule has 0 bridgehead atoms. The Morgan fingerprint density at radius 3 is 1.86 bits per heavy atom. The van der Waals surface area contributed by atoms with Gasteiger partial charge in [-0.05, 0) is 36.0 Å². The van der Waals surface area contributed by atoms with Crippen LogP contribution in [0.4, 0.5) is 0 Å². The second-order valence-electron chi connectivity index (χ2n) is 6.26. The molecule has 1 aliphatic carbocycles. The van der Waals surface area contributed by atoms with E-state index in [1.807, 2.05) is 0 Å². The fourth-order valence-electron chi connectivity index (χ4n) is 3.37. The smallest absolute Gasteiger partial charge is 0.0277 e. The van der Waals surface area contributed by atoms with Gasteiger partial charge in [0.2, 0.25) is 0 Å². The Hall–Kier alpha value is -0.260. The van der Waals surface area contributed by atoms with E-state index in [0.29, 0.717) is 10.8 Å². The summed E-state index contributed by atoms with van der Waals surface area (Å²) < 4.78 is 0. The van der Waals surface area contributed by atoms with Gasteiger partial charge in [-0.15, -0.1) is 6.58 Å². The van der Waals surface area contributed by atoms with E-state index in [1.54, 1.807) is 0 Å². The molecule has 0 aliphatic heterocycles. The van der Waals surface area contributed by atoms with Gasteiger partial charge in [0, 0.05) is 0 Å². The molecule has 82 valence electrons. The fraction of sp³-hybridized carbons (Fsp3) is 0.857. The Kier molecular flexibility index (Phi) is 3.44. The molecule has 0 heterocycles. The Bertz CT molecular complexity index is 180. The molecular formula is C14H26. The van der Waals surface area contributed by atoms with Crippen molar-refractivity contribution in [3.63, 3.8) is 0 Å². The molecule has 0 aromatic heterocycles. The third kappa shape index (κ3) is 2.40. The number of hydrogen-bond donors (Lipinski definition) is 0. The molecule has 0 atom stereocenters. The van der Waals surface area contributed by atoms with E-state index in [9.17, 15) is 0 Å². The molecule has 0 aromatic rings. The first kappa shape index (κ1) is 11.8. The first-order valence-electron chi connectivity index (χ1n) is 6.01. The van der Waals surface area contributed by atoms with E-state index in [-0.39, 0.29) is 0 Å². The number of rotatable bonds is 2. The highest BCUT2D eigenvalue weighted by Gasteiger charge is 2.40. The van der Waals surface area contributed by atoms with Gasteiger partial charge >= 0.3 is 0 Å². The fourth-order valence-corrected chi connectivity index (χ4v) is 3.37. The second kappa shape index (κ2) is 4.08. The molecule has 0 N–H and O–H groups in total. The van der Waals surface area contributed by atoms with Crippen LogP contribution in [0, 0.1) is 16.7 Å². The molecule has 0 unspecified atom stereocenters. The molecule has 1 fully saturated rings. The summed E-state index contributed by atoms with van der Waals surface area (Å²) in [5.41, 5.74) is 0.988. The van der Waals surface area contributed by atoms with Gasteiger partial charge in [-0.3, -0.25) is 0 Å². The van der Waals surface area contributed by atoms with E-state index in [1.165, 1.54) is 32.1 Å². The average Bonchev–Trinajstić information content (AvgIpc) is 2.15. The highest BCUT2D eigenvalue weighted by molar-refractivity contribution is 4.94. The quantitative estimate of drug-likeness (QED) is 0.437. The predicted molar refractivity (Wildman–Crippen MR) is 64.3 cm³/mol. The van der Waals surface area contributed by atoms with Crippen LogP contribution < -0.4 is 0 Å². The van der Waals surface area contributed by atoms with Crippen LogP contribution in [-0.2, 0) is 0 Å². The highest BCUT2D eigenvalue weighted by Crippen LogP contribution is 2.50. The van der Waals surface area contributed by atoms with E-state index in [0.717, 1.165) is 5.92 Å². The maximum Gasteiger partial charge on any atom is -0.0277 e. The van der Waals surface area contributed by atoms with Gasteiger partial charge in [-0.25, -0.2) is 0 Å². The molecule has 0 amide bonds. The van der Waals surface area contributed by atoms with Crippen LogP contribution in [0.3, 0.4) is 0 Å². The van der Waals surface area contributed by atoms with E-state index in [4.69, 9.17) is 0 Å². The lowest BCUT2D eigenvalue weighted by Gasteiger charge is -2.42. The lowest BCUT2D eigenvalue weighted by Crippen LogP contribution is -2.34. The van der Waals surface area contributed by atoms with Gasteiger partial charge in [0.25, 0.3) is 0 Å². The summed E-state index contributed by atoms with van der Waals surface area (Å²) in [5, 5.41) is 0. The van der Waals surface area contributed by atoms with Crippen LogP contribution in [-0.4, -0.2) is 0 Å². The van der Waals surface area contributed by atoms with Gasteiger partial charge in [0.15, 0.2) is 0 Å². The molecule has 0 saturated heterocycles. The molecule has 1 saturated carbocycles. The minimum absolute atomic E-state index is 0.494. The van der Waals surface area contributed by atoms with Crippen LogP contribution >= 0.6 is 0 Å². The summed E-state index contributed by atoms with van der Waals surface area (Å²) in [5.74, 6) is 0.801. The summed E-state index contributed by atoms with van der Waals surface area (Å²) in [6.07, 6.45) is 8.87. The van der Waals surface area contributed by atoms with E-state index < -0.39 is 0 Å². The van der Waals surface area contributed by atoms with Crippen LogP contribution in [0.2, 0.25) is 0 Å². The zero-order valence-corrected chi connectivity index (χ0v) is 10.4. The third-order valence-corrected chi connectivity index (χ3v) is 4.18. The van der Waals surface area contributed by atoms with Gasteiger partial charge < -0.3 is 0 Å². The van der Waals surface area contributed by atoms with Gasteiger partial charge in [0.05, 0.1) is 0 Å². The normalized spacial score (nSPS) is 26.9. The second-order valence-corrected chi connectivity index (χ2v) is 6.26. The Labute approximate surface area is 89.8 Å². The topological polar surface area (TPSA) is 0 Å². The van der Waals surface area contributed by atoms with E-state index >= 15 is 0 Å². The Balaban J connectivity index is 2.90. The summed E-state index contributed by atoms with van der Waals surface area (Å²) in [7, 11) is 0. The molecule has 0 radical (unpaired) electrons. The SMILES string of the molecule is C=CCC1C(C)(C)CCCCC1(C)C. The minimum Gasteiger partial charge on any atom is -0.103 e. The molecule has 14 heavy (non-hydrogen) atoms. The molecule has 0 heteroatoms. The zero-order valence-electron chi connectivity index (χ0n) is 10.4. The summed E-state index contributed by atoms with van der Waals surface area (Å²) in [4.78, 5) is 0. The standard InChI is InChI=1S/C14H26/c1-6-9-12-13(2,3)10-7-8-11-14(12,4)5/h6,12H,1,7-11H2,2-5H3. The monoisotopic (exact) mass is 194 g/mol. The van der Waals surface area contributed by atoms with Crippen molar-refractivity contribution in [3.05, 3.63) is 12.7 Å². The first-order valence-corrected chi connectivity index (χ1v) is 6.01. The first-order chi connectivity index (χ1) is 6.40. The van der Waals surface area contributed by atoms with Crippen LogP contribution in [0.15, 0.2) is 12.7 Å². The van der Waals surface area contributed by atoms with Crippen molar-refractivity contribution in [1.82, 2.24) is 0 Å². The number of allylic oxidation sites excluding steroid dienone is 1. The zero-order chi connectivity index (χ0) is 10.8. The van der Waals surface area contributed by atoms with Crippen LogP contribution in [0.25, 0.3) is 0 Å². The summed E-state index contributed by atoms with van der Waals surface area (Å²) >= 11 is 0. The Morgan fingerprint density at radius 1 is 1.07 bits per heavy atom. The average molecular weight is 194 g/mol. The van der Waals surface area contributed by atoms with Gasteiger partial charge in [0.1, 0.15) is 0 Å². The molecule has 1 aliphatic rings. The largest absolute Gasteiger partial charge is 0.103 e. The lowest BCUT2D eigenvalue weighted by molar-refractivity contribution is 0.0794. The van der Waals surface area contributed by atoms with Crippen molar-refractivity contribution in [1.29, 1.82) is 0 Å². The third-order valence-electron chi connectivity index (χ3n) is 4.18. The summed E-state index contributed by atoms with van der Waals surface area (Å²) in [6, 6.07) is 0. The maximum atomic E-state index is 3.92. The molecule has 0 spiro atoms. The van der Waals surface area contributed by atoms with Crippen molar-refractivity contribution < 1.29 is 0 Å². The Morgan fingerprint density at radius 2 is 1.50 bits per heavy atom. The van der Waals surface area contributed by atoms with Crippen molar-refractivity contribution >= 4 is 0 Å². The van der Waals surface area contributed by atoms with E-state index in [2.05, 4.69) is 40.3 Å². The lowest BCUT2D eigenvalue weighted by atomic mass is 9.63. The summed E-state index contributed by atoms with van der Waals surface area (Å²) in [6.45, 7) is 13.7. The van der Waals surface area contributed by atoms with Crippen molar-refractivity contribution in [2.24, 2.45) is 16.7 Å². The maximum absolute atomic E-state index is 3.92. The molecule has 0 nitrogen and oxygen atoms in total. The predicted octanol–water partition coefficient (Wildman–Crippen LogP) is 4.81. The minimum atomic E-state index is 0.494. The molecule has 1 rings (SSSR count). The van der Waals surface area contributed by atoms with Gasteiger partial charge in [-0.1, -0.05) is 46.6 Å². The van der Waals surface area contributed by atoms with Gasteiger partial charge in [-0.2, -0.15) is 0 Å². The van der Waals surface area contributed by atoms with Crippen LogP contribution in [0.1, 0.15) is 59.8 Å². The molecule has 0 aromatic carbocycles. The highest BCUT2D eigenvalue weighted by atomic mass is 14.5. The van der Waals surface area contributed by atoms with Crippen molar-refractivity contribution in [2.45, 2.75) is 59.8 Å². The van der Waals surface area contributed by atoms with Crippen LogP contribution in [0.5, 0.6) is 0 Å². The molecular weight excluding hydrogens is 168 g/mol. The van der Waals surface area contributed by atoms with Crippen molar-refractivity contribution in [2.75, 3.05) is 0 Å². The number of hydrogen-bond acceptors (Lipinski definition) is 0.